The fourth-order valence-corrected chi connectivity index (χ4v) is 2.14. The Morgan fingerprint density at radius 3 is 2.48 bits per heavy atom. The molecule has 0 saturated heterocycles. The Balaban J connectivity index is 1.89. The van der Waals surface area contributed by atoms with Crippen molar-refractivity contribution in [3.63, 3.8) is 0 Å². The van der Waals surface area contributed by atoms with E-state index in [4.69, 9.17) is 27.9 Å². The second kappa shape index (κ2) is 7.20. The van der Waals surface area contributed by atoms with E-state index in [1.807, 2.05) is 24.3 Å². The molecular weight excluding hydrogens is 311 g/mol. The molecule has 6 heteroatoms. The summed E-state index contributed by atoms with van der Waals surface area (Å²) in [7, 11) is 1.61. The fourth-order valence-electron chi connectivity index (χ4n) is 1.68. The fraction of sp³-hybridized carbons (Fsp3) is 0.133. The Bertz CT molecular complexity index is 630. The molecule has 0 spiro atoms. The van der Waals surface area contributed by atoms with Crippen LogP contribution in [-0.2, 0) is 6.54 Å². The number of carbonyl (C=O) groups is 1. The lowest BCUT2D eigenvalue weighted by atomic mass is 10.2. The highest BCUT2D eigenvalue weighted by Gasteiger charge is 2.06. The summed E-state index contributed by atoms with van der Waals surface area (Å²) in [6.07, 6.45) is 0. The van der Waals surface area contributed by atoms with E-state index in [0.717, 1.165) is 11.3 Å². The topological polar surface area (TPSA) is 50.4 Å². The largest absolute Gasteiger partial charge is 0.497 e. The zero-order chi connectivity index (χ0) is 15.2. The molecule has 0 saturated carbocycles. The van der Waals surface area contributed by atoms with Crippen LogP contribution in [-0.4, -0.2) is 13.1 Å². The van der Waals surface area contributed by atoms with Gasteiger partial charge in [-0.15, -0.1) is 0 Å². The van der Waals surface area contributed by atoms with Crippen molar-refractivity contribution in [2.24, 2.45) is 0 Å². The van der Waals surface area contributed by atoms with Crippen molar-refractivity contribution in [2.75, 3.05) is 12.4 Å². The molecule has 2 aromatic rings. The molecular formula is C15H14Cl2N2O2. The van der Waals surface area contributed by atoms with Crippen molar-refractivity contribution >= 4 is 34.9 Å². The minimum Gasteiger partial charge on any atom is -0.497 e. The van der Waals surface area contributed by atoms with E-state index in [1.165, 1.54) is 0 Å². The van der Waals surface area contributed by atoms with Gasteiger partial charge in [0.05, 0.1) is 17.8 Å². The molecule has 0 aliphatic rings. The Hall–Kier alpha value is -1.91. The monoisotopic (exact) mass is 324 g/mol. The lowest BCUT2D eigenvalue weighted by Crippen LogP contribution is -2.28. The Morgan fingerprint density at radius 1 is 1.14 bits per heavy atom. The molecule has 4 nitrogen and oxygen atoms in total. The number of hydrogen-bond donors (Lipinski definition) is 2. The number of anilines is 1. The van der Waals surface area contributed by atoms with Crippen molar-refractivity contribution in [1.82, 2.24) is 5.32 Å². The molecule has 0 fully saturated rings. The Morgan fingerprint density at radius 2 is 1.86 bits per heavy atom. The third-order valence-corrected chi connectivity index (χ3v) is 3.34. The summed E-state index contributed by atoms with van der Waals surface area (Å²) >= 11 is 11.8. The number of rotatable bonds is 4. The molecule has 2 aromatic carbocycles. The van der Waals surface area contributed by atoms with Crippen LogP contribution in [0.25, 0.3) is 0 Å². The van der Waals surface area contributed by atoms with Crippen molar-refractivity contribution < 1.29 is 9.53 Å². The highest BCUT2D eigenvalue weighted by Crippen LogP contribution is 2.25. The van der Waals surface area contributed by atoms with E-state index in [2.05, 4.69) is 10.6 Å². The summed E-state index contributed by atoms with van der Waals surface area (Å²) < 4.78 is 5.07. The summed E-state index contributed by atoms with van der Waals surface area (Å²) in [5.74, 6) is 0.774. The number of methoxy groups -OCH3 is 1. The lowest BCUT2D eigenvalue weighted by Gasteiger charge is -2.09. The Labute approximate surface area is 133 Å². The maximum absolute atomic E-state index is 11.8. The van der Waals surface area contributed by atoms with Crippen LogP contribution < -0.4 is 15.4 Å². The van der Waals surface area contributed by atoms with Gasteiger partial charge in [-0.1, -0.05) is 35.3 Å². The van der Waals surface area contributed by atoms with E-state index in [0.29, 0.717) is 22.3 Å². The molecule has 0 radical (unpaired) electrons. The molecule has 2 rings (SSSR count). The molecule has 0 aromatic heterocycles. The van der Waals surface area contributed by atoms with E-state index in [9.17, 15) is 4.79 Å². The van der Waals surface area contributed by atoms with Gasteiger partial charge in [-0.25, -0.2) is 4.79 Å². The molecule has 0 heterocycles. The van der Waals surface area contributed by atoms with Gasteiger partial charge < -0.3 is 15.4 Å². The Kier molecular flexibility index (Phi) is 5.31. The van der Waals surface area contributed by atoms with Crippen LogP contribution in [0.1, 0.15) is 5.56 Å². The van der Waals surface area contributed by atoms with Crippen LogP contribution in [0.3, 0.4) is 0 Å². The summed E-state index contributed by atoms with van der Waals surface area (Å²) in [5.41, 5.74) is 1.47. The molecule has 0 unspecified atom stereocenters. The molecule has 0 aliphatic heterocycles. The van der Waals surface area contributed by atoms with Crippen molar-refractivity contribution in [3.8, 4) is 5.75 Å². The number of ether oxygens (including phenoxy) is 1. The van der Waals surface area contributed by atoms with Gasteiger partial charge in [0.25, 0.3) is 0 Å². The molecule has 0 atom stereocenters. The van der Waals surface area contributed by atoms with Crippen LogP contribution in [0.15, 0.2) is 42.5 Å². The second-order valence-electron chi connectivity index (χ2n) is 4.28. The van der Waals surface area contributed by atoms with Crippen molar-refractivity contribution in [1.29, 1.82) is 0 Å². The quantitative estimate of drug-likeness (QED) is 0.879. The molecule has 0 bridgehead atoms. The standard InChI is InChI=1S/C15H14Cl2N2O2/c1-21-12-5-2-10(3-6-12)9-18-15(20)19-14-7-4-11(16)8-13(14)17/h2-8H,9H2,1H3,(H2,18,19,20). The minimum atomic E-state index is -0.338. The van der Waals surface area contributed by atoms with Gasteiger partial charge in [0.15, 0.2) is 0 Å². The number of amides is 2. The maximum atomic E-state index is 11.8. The average Bonchev–Trinajstić information content (AvgIpc) is 2.48. The van der Waals surface area contributed by atoms with Gasteiger partial charge in [0, 0.05) is 11.6 Å². The average molecular weight is 325 g/mol. The first-order valence-corrected chi connectivity index (χ1v) is 6.97. The summed E-state index contributed by atoms with van der Waals surface area (Å²) in [5, 5.41) is 6.32. The molecule has 0 aliphatic carbocycles. The van der Waals surface area contributed by atoms with E-state index in [1.54, 1.807) is 25.3 Å². The summed E-state index contributed by atoms with van der Waals surface area (Å²) in [6.45, 7) is 0.404. The predicted molar refractivity (Wildman–Crippen MR) is 85.3 cm³/mol. The van der Waals surface area contributed by atoms with Gasteiger partial charge in [-0.05, 0) is 35.9 Å². The van der Waals surface area contributed by atoms with Crippen molar-refractivity contribution in [3.05, 3.63) is 58.1 Å². The van der Waals surface area contributed by atoms with Gasteiger partial charge in [0.1, 0.15) is 5.75 Å². The zero-order valence-corrected chi connectivity index (χ0v) is 12.8. The van der Waals surface area contributed by atoms with Gasteiger partial charge in [0.2, 0.25) is 0 Å². The third kappa shape index (κ3) is 4.55. The minimum absolute atomic E-state index is 0.338. The molecule has 2 N–H and O–H groups in total. The van der Waals surface area contributed by atoms with Crippen LogP contribution >= 0.6 is 23.2 Å². The lowest BCUT2D eigenvalue weighted by molar-refractivity contribution is 0.251. The van der Waals surface area contributed by atoms with Crippen LogP contribution in [0.4, 0.5) is 10.5 Å². The van der Waals surface area contributed by atoms with Gasteiger partial charge >= 0.3 is 6.03 Å². The zero-order valence-electron chi connectivity index (χ0n) is 11.3. The molecule has 2 amide bonds. The van der Waals surface area contributed by atoms with E-state index in [-0.39, 0.29) is 6.03 Å². The first-order valence-electron chi connectivity index (χ1n) is 6.21. The van der Waals surface area contributed by atoms with Gasteiger partial charge in [-0.3, -0.25) is 0 Å². The summed E-state index contributed by atoms with van der Waals surface area (Å²) in [4.78, 5) is 11.8. The second-order valence-corrected chi connectivity index (χ2v) is 5.12. The highest BCUT2D eigenvalue weighted by atomic mass is 35.5. The normalized spacial score (nSPS) is 10.0. The van der Waals surface area contributed by atoms with E-state index >= 15 is 0 Å². The number of nitrogens with one attached hydrogen (secondary N) is 2. The van der Waals surface area contributed by atoms with Crippen LogP contribution in [0.5, 0.6) is 5.75 Å². The number of halogens is 2. The van der Waals surface area contributed by atoms with Crippen LogP contribution in [0.2, 0.25) is 10.0 Å². The van der Waals surface area contributed by atoms with Crippen molar-refractivity contribution in [2.45, 2.75) is 6.54 Å². The maximum Gasteiger partial charge on any atom is 0.319 e. The first kappa shape index (κ1) is 15.5. The van der Waals surface area contributed by atoms with Crippen LogP contribution in [0, 0.1) is 0 Å². The number of benzene rings is 2. The van der Waals surface area contributed by atoms with Gasteiger partial charge in [-0.2, -0.15) is 0 Å². The first-order chi connectivity index (χ1) is 10.1. The van der Waals surface area contributed by atoms with E-state index < -0.39 is 0 Å². The molecule has 110 valence electrons. The smallest absolute Gasteiger partial charge is 0.319 e. The SMILES string of the molecule is COc1ccc(CNC(=O)Nc2ccc(Cl)cc2Cl)cc1. The third-order valence-electron chi connectivity index (χ3n) is 2.79. The number of urea groups is 1. The molecule has 21 heavy (non-hydrogen) atoms. The predicted octanol–water partition coefficient (Wildman–Crippen LogP) is 4.32. The highest BCUT2D eigenvalue weighted by molar-refractivity contribution is 6.36. The summed E-state index contributed by atoms with van der Waals surface area (Å²) in [6, 6.07) is 12.0. The number of carbonyl (C=O) groups excluding carboxylic acids is 1. The number of hydrogen-bond acceptors (Lipinski definition) is 2.